The van der Waals surface area contributed by atoms with Crippen molar-refractivity contribution in [1.82, 2.24) is 4.90 Å². The maximum Gasteiger partial charge on any atom is 0.260 e. The number of aryl methyl sites for hydroxylation is 2. The number of nitrogens with zero attached hydrogens (tertiary/aromatic N) is 1. The van der Waals surface area contributed by atoms with Crippen LogP contribution in [-0.2, 0) is 4.79 Å². The Kier molecular flexibility index (Phi) is 6.68. The average molecular weight is 416 g/mol. The van der Waals surface area contributed by atoms with Gasteiger partial charge >= 0.3 is 0 Å². The van der Waals surface area contributed by atoms with Crippen LogP contribution in [-0.4, -0.2) is 43.6 Å². The fourth-order valence-corrected chi connectivity index (χ4v) is 4.54. The van der Waals surface area contributed by atoms with Gasteiger partial charge in [0.05, 0.1) is 26.2 Å². The average Bonchev–Trinajstić information content (AvgIpc) is 2.79. The number of quaternary nitrogens is 1. The van der Waals surface area contributed by atoms with E-state index in [0.29, 0.717) is 0 Å². The summed E-state index contributed by atoms with van der Waals surface area (Å²) < 4.78 is 5.80. The van der Waals surface area contributed by atoms with Gasteiger partial charge in [-0.05, 0) is 37.1 Å². The first kappa shape index (κ1) is 21.1. The Bertz CT molecular complexity index is 937. The van der Waals surface area contributed by atoms with Gasteiger partial charge in [0.25, 0.3) is 5.91 Å². The number of amides is 1. The van der Waals surface area contributed by atoms with Crippen LogP contribution in [0, 0.1) is 13.8 Å². The molecule has 0 spiro atoms. The molecule has 1 aliphatic rings. The number of nitrogens with one attached hydrogen (secondary N) is 1. The fraction of sp³-hybridized carbons (Fsp3) is 0.296. The molecule has 4 nitrogen and oxygen atoms in total. The van der Waals surface area contributed by atoms with Crippen molar-refractivity contribution in [3.8, 4) is 5.75 Å². The van der Waals surface area contributed by atoms with Crippen LogP contribution < -0.4 is 9.64 Å². The molecule has 31 heavy (non-hydrogen) atoms. The minimum absolute atomic E-state index is 0.0641. The van der Waals surface area contributed by atoms with Gasteiger partial charge in [0.1, 0.15) is 11.8 Å². The van der Waals surface area contributed by atoms with Crippen molar-refractivity contribution in [2.75, 3.05) is 32.8 Å². The van der Waals surface area contributed by atoms with Gasteiger partial charge in [-0.15, -0.1) is 0 Å². The highest BCUT2D eigenvalue weighted by Crippen LogP contribution is 2.19. The van der Waals surface area contributed by atoms with Gasteiger partial charge in [-0.25, -0.2) is 0 Å². The molecule has 1 fully saturated rings. The number of carbonyl (C=O) groups excluding carboxylic acids is 1. The van der Waals surface area contributed by atoms with Crippen LogP contribution >= 0.6 is 0 Å². The number of hydrogen-bond acceptors (Lipinski definition) is 2. The van der Waals surface area contributed by atoms with E-state index in [1.54, 1.807) is 0 Å². The standard InChI is InChI=1S/C27H30N2O2/c1-21-17-22(2)19-25(18-21)31-20-26(30)28-13-15-29(16-14-28)27(23-9-5-3-6-10-23)24-11-7-4-8-12-24/h3-12,17-19,27H,13-16,20H2,1-2H3/p+1. The molecule has 1 heterocycles. The summed E-state index contributed by atoms with van der Waals surface area (Å²) in [6.45, 7) is 7.52. The first-order chi connectivity index (χ1) is 15.1. The van der Waals surface area contributed by atoms with E-state index in [1.807, 2.05) is 30.9 Å². The summed E-state index contributed by atoms with van der Waals surface area (Å²) in [5.74, 6) is 0.831. The topological polar surface area (TPSA) is 34.0 Å². The van der Waals surface area contributed by atoms with E-state index in [1.165, 1.54) is 16.0 Å². The first-order valence-corrected chi connectivity index (χ1v) is 11.0. The van der Waals surface area contributed by atoms with Crippen molar-refractivity contribution in [3.05, 3.63) is 101 Å². The number of piperazine rings is 1. The van der Waals surface area contributed by atoms with E-state index in [-0.39, 0.29) is 18.6 Å². The molecular weight excluding hydrogens is 384 g/mol. The molecule has 4 rings (SSSR count). The van der Waals surface area contributed by atoms with E-state index < -0.39 is 0 Å². The molecule has 0 unspecified atom stereocenters. The Labute approximate surface area is 185 Å². The molecule has 160 valence electrons. The SMILES string of the molecule is Cc1cc(C)cc(OCC(=O)N2CC[NH+](C(c3ccccc3)c3ccccc3)CC2)c1. The lowest BCUT2D eigenvalue weighted by atomic mass is 9.96. The van der Waals surface area contributed by atoms with Crippen molar-refractivity contribution < 1.29 is 14.4 Å². The van der Waals surface area contributed by atoms with Crippen molar-refractivity contribution in [2.45, 2.75) is 19.9 Å². The second kappa shape index (κ2) is 9.80. The zero-order valence-corrected chi connectivity index (χ0v) is 18.4. The van der Waals surface area contributed by atoms with E-state index >= 15 is 0 Å². The summed E-state index contributed by atoms with van der Waals surface area (Å²) in [6.07, 6.45) is 0. The van der Waals surface area contributed by atoms with E-state index in [4.69, 9.17) is 4.74 Å². The largest absolute Gasteiger partial charge is 0.484 e. The van der Waals surface area contributed by atoms with Crippen molar-refractivity contribution in [2.24, 2.45) is 0 Å². The molecule has 0 aromatic heterocycles. The minimum atomic E-state index is 0.0641. The van der Waals surface area contributed by atoms with Gasteiger partial charge in [0.15, 0.2) is 6.61 Å². The first-order valence-electron chi connectivity index (χ1n) is 11.0. The maximum atomic E-state index is 12.7. The number of rotatable bonds is 6. The second-order valence-electron chi connectivity index (χ2n) is 8.41. The van der Waals surface area contributed by atoms with Crippen molar-refractivity contribution in [3.63, 3.8) is 0 Å². The lowest BCUT2D eigenvalue weighted by molar-refractivity contribution is -0.929. The Hall–Kier alpha value is -3.11. The third-order valence-electron chi connectivity index (χ3n) is 5.99. The molecule has 3 aromatic carbocycles. The molecule has 0 saturated carbocycles. The molecule has 0 aliphatic carbocycles. The third kappa shape index (κ3) is 5.33. The Morgan fingerprint density at radius 3 is 1.90 bits per heavy atom. The predicted octanol–water partition coefficient (Wildman–Crippen LogP) is 3.20. The van der Waals surface area contributed by atoms with Crippen molar-refractivity contribution >= 4 is 5.91 Å². The summed E-state index contributed by atoms with van der Waals surface area (Å²) in [6, 6.07) is 27.7. The van der Waals surface area contributed by atoms with Crippen LogP contribution in [0.4, 0.5) is 0 Å². The summed E-state index contributed by atoms with van der Waals surface area (Å²) >= 11 is 0. The second-order valence-corrected chi connectivity index (χ2v) is 8.41. The maximum absolute atomic E-state index is 12.7. The quantitative estimate of drug-likeness (QED) is 0.671. The monoisotopic (exact) mass is 415 g/mol. The molecule has 1 aliphatic heterocycles. The normalized spacial score (nSPS) is 14.6. The molecule has 1 N–H and O–H groups in total. The third-order valence-corrected chi connectivity index (χ3v) is 5.99. The molecule has 3 aromatic rings. The van der Waals surface area contributed by atoms with Crippen LogP contribution in [0.5, 0.6) is 5.75 Å². The lowest BCUT2D eigenvalue weighted by Gasteiger charge is -2.37. The minimum Gasteiger partial charge on any atom is -0.484 e. The van der Waals surface area contributed by atoms with Crippen LogP contribution in [0.25, 0.3) is 0 Å². The van der Waals surface area contributed by atoms with Crippen molar-refractivity contribution in [1.29, 1.82) is 0 Å². The van der Waals surface area contributed by atoms with Gasteiger partial charge < -0.3 is 14.5 Å². The molecule has 1 saturated heterocycles. The van der Waals surface area contributed by atoms with E-state index in [0.717, 1.165) is 43.1 Å². The molecule has 1 amide bonds. The molecule has 0 bridgehead atoms. The van der Waals surface area contributed by atoms with Crippen LogP contribution in [0.15, 0.2) is 78.9 Å². The smallest absolute Gasteiger partial charge is 0.260 e. The van der Waals surface area contributed by atoms with Crippen LogP contribution in [0.1, 0.15) is 28.3 Å². The Balaban J connectivity index is 1.39. The molecule has 4 heteroatoms. The zero-order chi connectivity index (χ0) is 21.6. The Morgan fingerprint density at radius 2 is 1.39 bits per heavy atom. The van der Waals surface area contributed by atoms with Gasteiger partial charge in [0.2, 0.25) is 0 Å². The molecule has 0 radical (unpaired) electrons. The molecular formula is C27H31N2O2+. The predicted molar refractivity (Wildman–Crippen MR) is 123 cm³/mol. The summed E-state index contributed by atoms with van der Waals surface area (Å²) in [4.78, 5) is 16.2. The van der Waals surface area contributed by atoms with E-state index in [9.17, 15) is 4.79 Å². The molecule has 0 atom stereocenters. The zero-order valence-electron chi connectivity index (χ0n) is 18.4. The van der Waals surface area contributed by atoms with Gasteiger partial charge in [-0.3, -0.25) is 4.79 Å². The summed E-state index contributed by atoms with van der Waals surface area (Å²) in [5, 5.41) is 0. The van der Waals surface area contributed by atoms with Gasteiger partial charge in [0, 0.05) is 11.1 Å². The number of carbonyl (C=O) groups is 1. The van der Waals surface area contributed by atoms with Crippen LogP contribution in [0.3, 0.4) is 0 Å². The Morgan fingerprint density at radius 1 is 0.871 bits per heavy atom. The number of ether oxygens (including phenoxy) is 1. The van der Waals surface area contributed by atoms with Gasteiger partial charge in [-0.2, -0.15) is 0 Å². The number of benzene rings is 3. The highest BCUT2D eigenvalue weighted by atomic mass is 16.5. The summed E-state index contributed by atoms with van der Waals surface area (Å²) in [5.41, 5.74) is 4.93. The summed E-state index contributed by atoms with van der Waals surface area (Å²) in [7, 11) is 0. The highest BCUT2D eigenvalue weighted by molar-refractivity contribution is 5.77. The van der Waals surface area contributed by atoms with Gasteiger partial charge in [-0.1, -0.05) is 66.7 Å². The highest BCUT2D eigenvalue weighted by Gasteiger charge is 2.31. The van der Waals surface area contributed by atoms with E-state index in [2.05, 4.69) is 66.7 Å². The number of hydrogen-bond donors (Lipinski definition) is 1. The van der Waals surface area contributed by atoms with Crippen LogP contribution in [0.2, 0.25) is 0 Å². The lowest BCUT2D eigenvalue weighted by Crippen LogP contribution is -3.15. The fourth-order valence-electron chi connectivity index (χ4n) is 4.54.